The summed E-state index contributed by atoms with van der Waals surface area (Å²) >= 11 is 0. The van der Waals surface area contributed by atoms with Gasteiger partial charge in [-0.1, -0.05) is 29.8 Å². The van der Waals surface area contributed by atoms with E-state index in [2.05, 4.69) is 42.1 Å². The van der Waals surface area contributed by atoms with Crippen LogP contribution < -0.4 is 5.32 Å². The molecule has 1 N–H and O–H groups in total. The molecule has 2 saturated heterocycles. The van der Waals surface area contributed by atoms with E-state index in [9.17, 15) is 9.18 Å². The summed E-state index contributed by atoms with van der Waals surface area (Å²) < 4.78 is 13.8. The Morgan fingerprint density at radius 1 is 1.28 bits per heavy atom. The van der Waals surface area contributed by atoms with Gasteiger partial charge in [-0.15, -0.1) is 0 Å². The van der Waals surface area contributed by atoms with Crippen molar-refractivity contribution in [3.8, 4) is 0 Å². The van der Waals surface area contributed by atoms with Gasteiger partial charge in [0.2, 0.25) is 5.91 Å². The first-order valence-electron chi connectivity index (χ1n) is 11.0. The van der Waals surface area contributed by atoms with Crippen LogP contribution in [0.4, 0.5) is 4.39 Å². The zero-order chi connectivity index (χ0) is 20.9. The second-order valence-corrected chi connectivity index (χ2v) is 9.02. The Balaban J connectivity index is 1.62. The Hall–Kier alpha value is -1.72. The van der Waals surface area contributed by atoms with Crippen molar-refractivity contribution in [3.05, 3.63) is 47.3 Å². The van der Waals surface area contributed by atoms with E-state index in [0.717, 1.165) is 57.4 Å². The third kappa shape index (κ3) is 5.26. The zero-order valence-corrected chi connectivity index (χ0v) is 18.2. The van der Waals surface area contributed by atoms with Crippen LogP contribution in [-0.4, -0.2) is 61.5 Å². The molecule has 2 heterocycles. The number of piperidine rings is 2. The maximum absolute atomic E-state index is 13.8. The third-order valence-electron chi connectivity index (χ3n) is 6.62. The van der Waals surface area contributed by atoms with Crippen LogP contribution in [-0.2, 0) is 11.2 Å². The number of allylic oxidation sites excluding steroid dienone is 1. The second-order valence-electron chi connectivity index (χ2n) is 9.02. The van der Waals surface area contributed by atoms with Gasteiger partial charge in [0.05, 0.1) is 5.41 Å². The van der Waals surface area contributed by atoms with Gasteiger partial charge in [-0.2, -0.15) is 0 Å². The molecule has 2 aliphatic heterocycles. The molecule has 5 heteroatoms. The number of amides is 1. The largest absolute Gasteiger partial charge is 0.356 e. The number of nitrogens with one attached hydrogen (secondary N) is 1. The Kier molecular flexibility index (Phi) is 7.47. The number of hydrogen-bond acceptors (Lipinski definition) is 3. The normalized spacial score (nSPS) is 25.3. The van der Waals surface area contributed by atoms with E-state index >= 15 is 0 Å². The number of likely N-dealkylation sites (tertiary alicyclic amines) is 2. The Labute approximate surface area is 175 Å². The summed E-state index contributed by atoms with van der Waals surface area (Å²) in [5.41, 5.74) is 1.75. The van der Waals surface area contributed by atoms with E-state index < -0.39 is 0 Å². The van der Waals surface area contributed by atoms with E-state index in [4.69, 9.17) is 0 Å². The number of rotatable bonds is 7. The SMILES string of the molecule is CC(C)=CCN1CCC[C@@]2(C(=O)NCCCc3ccccc3F)CCN(C)C[C@H]12. The minimum atomic E-state index is -0.293. The number of hydrogen-bond donors (Lipinski definition) is 1. The second kappa shape index (κ2) is 9.86. The fourth-order valence-electron chi connectivity index (χ4n) is 4.88. The maximum Gasteiger partial charge on any atom is 0.227 e. The number of nitrogens with zero attached hydrogens (tertiary/aromatic N) is 2. The van der Waals surface area contributed by atoms with Crippen LogP contribution in [0.15, 0.2) is 35.9 Å². The monoisotopic (exact) mass is 401 g/mol. The van der Waals surface area contributed by atoms with Crippen molar-refractivity contribution in [3.63, 3.8) is 0 Å². The number of fused-ring (bicyclic) bond motifs is 1. The number of aryl methyl sites for hydroxylation is 1. The van der Waals surface area contributed by atoms with Gasteiger partial charge < -0.3 is 10.2 Å². The fraction of sp³-hybridized carbons (Fsp3) is 0.625. The zero-order valence-electron chi connectivity index (χ0n) is 18.2. The predicted molar refractivity (Wildman–Crippen MR) is 116 cm³/mol. The van der Waals surface area contributed by atoms with Gasteiger partial charge in [-0.3, -0.25) is 9.69 Å². The molecule has 0 aliphatic carbocycles. The molecular weight excluding hydrogens is 365 g/mol. The molecule has 1 aromatic carbocycles. The van der Waals surface area contributed by atoms with Crippen molar-refractivity contribution in [1.82, 2.24) is 15.1 Å². The molecular formula is C24H36FN3O. The number of likely N-dealkylation sites (N-methyl/N-ethyl adjacent to an activating group) is 1. The van der Waals surface area contributed by atoms with Crippen LogP contribution in [0.3, 0.4) is 0 Å². The highest BCUT2D eigenvalue weighted by Gasteiger charge is 2.51. The van der Waals surface area contributed by atoms with Gasteiger partial charge in [-0.05, 0) is 77.7 Å². The highest BCUT2D eigenvalue weighted by Crippen LogP contribution is 2.42. The van der Waals surface area contributed by atoms with Crippen LogP contribution in [0.1, 0.15) is 45.1 Å². The van der Waals surface area contributed by atoms with Crippen molar-refractivity contribution < 1.29 is 9.18 Å². The summed E-state index contributed by atoms with van der Waals surface area (Å²) in [5, 5.41) is 3.21. The number of carbonyl (C=O) groups is 1. The average molecular weight is 402 g/mol. The quantitative estimate of drug-likeness (QED) is 0.560. The molecule has 2 aliphatic rings. The van der Waals surface area contributed by atoms with Crippen molar-refractivity contribution in [2.24, 2.45) is 5.41 Å². The van der Waals surface area contributed by atoms with Gasteiger partial charge in [0, 0.05) is 25.7 Å². The van der Waals surface area contributed by atoms with Crippen molar-refractivity contribution >= 4 is 5.91 Å². The van der Waals surface area contributed by atoms with E-state index in [0.29, 0.717) is 13.0 Å². The molecule has 1 amide bonds. The molecule has 29 heavy (non-hydrogen) atoms. The predicted octanol–water partition coefficient (Wildman–Crippen LogP) is 3.63. The molecule has 2 fully saturated rings. The van der Waals surface area contributed by atoms with Crippen LogP contribution in [0, 0.1) is 11.2 Å². The summed E-state index contributed by atoms with van der Waals surface area (Å²) in [4.78, 5) is 18.2. The minimum absolute atomic E-state index is 0.157. The lowest BCUT2D eigenvalue weighted by molar-refractivity contribution is -0.144. The van der Waals surface area contributed by atoms with Crippen molar-refractivity contribution in [2.75, 3.05) is 39.8 Å². The lowest BCUT2D eigenvalue weighted by Gasteiger charge is -2.53. The van der Waals surface area contributed by atoms with E-state index in [1.54, 1.807) is 6.07 Å². The molecule has 0 unspecified atom stereocenters. The molecule has 2 atom stereocenters. The van der Waals surface area contributed by atoms with E-state index in [1.807, 2.05) is 12.1 Å². The average Bonchev–Trinajstić information content (AvgIpc) is 2.70. The summed E-state index contributed by atoms with van der Waals surface area (Å²) in [7, 11) is 2.16. The topological polar surface area (TPSA) is 35.6 Å². The van der Waals surface area contributed by atoms with E-state index in [1.165, 1.54) is 11.6 Å². The summed E-state index contributed by atoms with van der Waals surface area (Å²) in [6.07, 6.45) is 6.64. The lowest BCUT2D eigenvalue weighted by atomic mass is 9.67. The smallest absolute Gasteiger partial charge is 0.227 e. The van der Waals surface area contributed by atoms with Gasteiger partial charge in [0.1, 0.15) is 5.82 Å². The first-order chi connectivity index (χ1) is 13.9. The van der Waals surface area contributed by atoms with Crippen LogP contribution in [0.5, 0.6) is 0 Å². The molecule has 0 bridgehead atoms. The molecule has 0 saturated carbocycles. The summed E-state index contributed by atoms with van der Waals surface area (Å²) in [5.74, 6) is 0.0426. The van der Waals surface area contributed by atoms with Crippen LogP contribution in [0.2, 0.25) is 0 Å². The first kappa shape index (κ1) is 22.0. The highest BCUT2D eigenvalue weighted by atomic mass is 19.1. The number of halogens is 1. The maximum atomic E-state index is 13.8. The molecule has 3 rings (SSSR count). The van der Waals surface area contributed by atoms with Gasteiger partial charge >= 0.3 is 0 Å². The lowest BCUT2D eigenvalue weighted by Crippen LogP contribution is -2.65. The van der Waals surface area contributed by atoms with E-state index in [-0.39, 0.29) is 23.2 Å². The molecule has 0 aromatic heterocycles. The Morgan fingerprint density at radius 2 is 2.07 bits per heavy atom. The summed E-state index contributed by atoms with van der Waals surface area (Å²) in [6.45, 7) is 8.76. The van der Waals surface area contributed by atoms with Crippen LogP contribution in [0.25, 0.3) is 0 Å². The minimum Gasteiger partial charge on any atom is -0.356 e. The van der Waals surface area contributed by atoms with Crippen molar-refractivity contribution in [1.29, 1.82) is 0 Å². The third-order valence-corrected chi connectivity index (χ3v) is 6.62. The van der Waals surface area contributed by atoms with Gasteiger partial charge in [0.15, 0.2) is 0 Å². The van der Waals surface area contributed by atoms with Gasteiger partial charge in [-0.25, -0.2) is 4.39 Å². The first-order valence-corrected chi connectivity index (χ1v) is 11.0. The summed E-state index contributed by atoms with van der Waals surface area (Å²) in [6, 6.07) is 7.16. The Morgan fingerprint density at radius 3 is 2.83 bits per heavy atom. The molecule has 160 valence electrons. The molecule has 4 nitrogen and oxygen atoms in total. The number of benzene rings is 1. The molecule has 1 aromatic rings. The molecule has 0 spiro atoms. The fourth-order valence-corrected chi connectivity index (χ4v) is 4.88. The van der Waals surface area contributed by atoms with Gasteiger partial charge in [0.25, 0.3) is 0 Å². The van der Waals surface area contributed by atoms with Crippen LogP contribution >= 0.6 is 0 Å². The standard InChI is InChI=1S/C24H36FN3O/c1-19(2)11-16-28-15-7-12-24(13-17-27(3)18-22(24)28)23(29)26-14-6-9-20-8-4-5-10-21(20)25/h4-5,8,10-11,22H,6-7,9,12-18H2,1-3H3,(H,26,29)/t22-,24+/m0/s1. The molecule has 0 radical (unpaired) electrons. The number of carbonyl (C=O) groups excluding carboxylic acids is 1. The Bertz CT molecular complexity index is 731. The highest BCUT2D eigenvalue weighted by molar-refractivity contribution is 5.84. The van der Waals surface area contributed by atoms with Crippen molar-refractivity contribution in [2.45, 2.75) is 52.0 Å².